The number of aliphatic carboxylic acids is 1. The second-order valence-corrected chi connectivity index (χ2v) is 5.25. The monoisotopic (exact) mass is 269 g/mol. The van der Waals surface area contributed by atoms with Gasteiger partial charge in [0, 0.05) is 12.4 Å². The number of benzene rings is 2. The molecule has 20 heavy (non-hydrogen) atoms. The van der Waals surface area contributed by atoms with Gasteiger partial charge in [-0.25, -0.2) is 0 Å². The minimum atomic E-state index is -1.20. The number of amides is 1. The first-order valence-electron chi connectivity index (χ1n) is 6.55. The summed E-state index contributed by atoms with van der Waals surface area (Å²) < 4.78 is 0. The van der Waals surface area contributed by atoms with Crippen LogP contribution in [-0.2, 0) is 9.59 Å². The largest absolute Gasteiger partial charge is 0.480 e. The van der Waals surface area contributed by atoms with Gasteiger partial charge >= 0.3 is 5.97 Å². The molecule has 1 N–H and O–H groups in total. The lowest BCUT2D eigenvalue weighted by Crippen LogP contribution is -2.38. The number of rotatable bonds is 3. The maximum Gasteiger partial charge on any atom is 0.319 e. The van der Waals surface area contributed by atoms with Crippen LogP contribution in [0.2, 0.25) is 0 Å². The third-order valence-corrected chi connectivity index (χ3v) is 4.00. The topological polar surface area (TPSA) is 57.6 Å². The molecule has 0 heterocycles. The van der Waals surface area contributed by atoms with Crippen LogP contribution in [0, 0.1) is 5.41 Å². The Morgan fingerprint density at radius 3 is 2.40 bits per heavy atom. The van der Waals surface area contributed by atoms with Gasteiger partial charge < -0.3 is 10.0 Å². The number of carboxylic acid groups (broad SMARTS) is 1. The van der Waals surface area contributed by atoms with Crippen LogP contribution in [0.4, 0.5) is 5.69 Å². The average Bonchev–Trinajstić information content (AvgIpc) is 3.27. The molecule has 2 aromatic rings. The van der Waals surface area contributed by atoms with Crippen LogP contribution in [0.25, 0.3) is 10.8 Å². The first-order chi connectivity index (χ1) is 9.56. The molecule has 1 amide bonds. The molecule has 102 valence electrons. The molecule has 0 unspecified atom stereocenters. The number of nitrogens with zero attached hydrogens (tertiary/aromatic N) is 1. The van der Waals surface area contributed by atoms with E-state index in [0.29, 0.717) is 12.8 Å². The second kappa shape index (κ2) is 4.34. The fraction of sp³-hybridized carbons (Fsp3) is 0.250. The summed E-state index contributed by atoms with van der Waals surface area (Å²) in [5.74, 6) is -1.35. The van der Waals surface area contributed by atoms with Gasteiger partial charge in [-0.2, -0.15) is 0 Å². The average molecular weight is 269 g/mol. The lowest BCUT2D eigenvalue weighted by atomic mass is 10.0. The molecule has 0 radical (unpaired) electrons. The number of fused-ring (bicyclic) bond motifs is 1. The van der Waals surface area contributed by atoms with Crippen molar-refractivity contribution >= 4 is 28.3 Å². The van der Waals surface area contributed by atoms with Gasteiger partial charge in [-0.3, -0.25) is 9.59 Å². The molecule has 0 saturated heterocycles. The van der Waals surface area contributed by atoms with E-state index >= 15 is 0 Å². The molecule has 3 rings (SSSR count). The van der Waals surface area contributed by atoms with Crippen molar-refractivity contribution in [1.29, 1.82) is 0 Å². The highest BCUT2D eigenvalue weighted by molar-refractivity contribution is 6.14. The van der Waals surface area contributed by atoms with Gasteiger partial charge in [0.25, 0.3) is 0 Å². The van der Waals surface area contributed by atoms with E-state index in [4.69, 9.17) is 0 Å². The van der Waals surface area contributed by atoms with Crippen LogP contribution < -0.4 is 4.90 Å². The third kappa shape index (κ3) is 1.76. The Morgan fingerprint density at radius 1 is 1.10 bits per heavy atom. The molecule has 1 aliphatic carbocycles. The van der Waals surface area contributed by atoms with E-state index in [1.165, 1.54) is 4.90 Å². The van der Waals surface area contributed by atoms with Gasteiger partial charge in [0.15, 0.2) is 0 Å². The fourth-order valence-corrected chi connectivity index (χ4v) is 2.58. The third-order valence-electron chi connectivity index (χ3n) is 4.00. The zero-order chi connectivity index (χ0) is 14.3. The second-order valence-electron chi connectivity index (χ2n) is 5.25. The molecule has 0 aliphatic heterocycles. The van der Waals surface area contributed by atoms with Crippen molar-refractivity contribution in [2.45, 2.75) is 12.8 Å². The van der Waals surface area contributed by atoms with Gasteiger partial charge in [0.1, 0.15) is 5.41 Å². The molecule has 4 heteroatoms. The van der Waals surface area contributed by atoms with E-state index in [-0.39, 0.29) is 5.91 Å². The smallest absolute Gasteiger partial charge is 0.319 e. The van der Waals surface area contributed by atoms with Crippen LogP contribution in [-0.4, -0.2) is 24.0 Å². The molecule has 4 nitrogen and oxygen atoms in total. The summed E-state index contributed by atoms with van der Waals surface area (Å²) in [7, 11) is 1.65. The summed E-state index contributed by atoms with van der Waals surface area (Å²) in [6.07, 6.45) is 0.854. The van der Waals surface area contributed by atoms with E-state index in [2.05, 4.69) is 0 Å². The lowest BCUT2D eigenvalue weighted by molar-refractivity contribution is -0.148. The molecular formula is C16H15NO3. The maximum absolute atomic E-state index is 12.5. The zero-order valence-electron chi connectivity index (χ0n) is 11.2. The molecule has 0 bridgehead atoms. The summed E-state index contributed by atoms with van der Waals surface area (Å²) in [6, 6.07) is 13.5. The predicted molar refractivity (Wildman–Crippen MR) is 76.7 cm³/mol. The van der Waals surface area contributed by atoms with Gasteiger partial charge in [0.2, 0.25) is 5.91 Å². The SMILES string of the molecule is CN(C(=O)C1(C(=O)O)CC1)c1cccc2ccccc12. The predicted octanol–water partition coefficient (Wildman–Crippen LogP) is 2.67. The Balaban J connectivity index is 2.03. The highest BCUT2D eigenvalue weighted by Crippen LogP contribution is 2.48. The van der Waals surface area contributed by atoms with E-state index in [1.807, 2.05) is 42.5 Å². The molecule has 1 saturated carbocycles. The van der Waals surface area contributed by atoms with E-state index < -0.39 is 11.4 Å². The van der Waals surface area contributed by atoms with Gasteiger partial charge in [-0.1, -0.05) is 36.4 Å². The number of carbonyl (C=O) groups is 2. The zero-order valence-corrected chi connectivity index (χ0v) is 11.2. The fourth-order valence-electron chi connectivity index (χ4n) is 2.58. The molecule has 0 aromatic heterocycles. The number of carbonyl (C=O) groups excluding carboxylic acids is 1. The van der Waals surface area contributed by atoms with Gasteiger partial charge in [0.05, 0.1) is 5.69 Å². The van der Waals surface area contributed by atoms with E-state index in [1.54, 1.807) is 7.05 Å². The minimum Gasteiger partial charge on any atom is -0.480 e. The van der Waals surface area contributed by atoms with Gasteiger partial charge in [-0.15, -0.1) is 0 Å². The minimum absolute atomic E-state index is 0.332. The Bertz CT molecular complexity index is 698. The van der Waals surface area contributed by atoms with Crippen LogP contribution in [0.1, 0.15) is 12.8 Å². The highest BCUT2D eigenvalue weighted by Gasteiger charge is 2.58. The standard InChI is InChI=1S/C16H15NO3/c1-17(14(18)16(9-10-16)15(19)20)13-8-4-6-11-5-2-3-7-12(11)13/h2-8H,9-10H2,1H3,(H,19,20). The van der Waals surface area contributed by atoms with Crippen molar-refractivity contribution in [3.63, 3.8) is 0 Å². The quantitative estimate of drug-likeness (QED) is 0.871. The van der Waals surface area contributed by atoms with E-state index in [0.717, 1.165) is 16.5 Å². The summed E-state index contributed by atoms with van der Waals surface area (Å²) >= 11 is 0. The number of carboxylic acids is 1. The summed E-state index contributed by atoms with van der Waals surface area (Å²) in [6.45, 7) is 0. The maximum atomic E-state index is 12.5. The molecule has 1 fully saturated rings. The lowest BCUT2D eigenvalue weighted by Gasteiger charge is -2.22. The Labute approximate surface area is 116 Å². The normalized spacial score (nSPS) is 15.8. The van der Waals surface area contributed by atoms with Crippen LogP contribution in [0.3, 0.4) is 0 Å². The summed E-state index contributed by atoms with van der Waals surface area (Å²) in [5, 5.41) is 11.2. The van der Waals surface area contributed by atoms with Crippen molar-refractivity contribution in [1.82, 2.24) is 0 Å². The van der Waals surface area contributed by atoms with Crippen molar-refractivity contribution in [3.05, 3.63) is 42.5 Å². The number of hydrogen-bond acceptors (Lipinski definition) is 2. The first-order valence-corrected chi connectivity index (χ1v) is 6.55. The van der Waals surface area contributed by atoms with Crippen molar-refractivity contribution in [2.24, 2.45) is 5.41 Å². The molecule has 0 atom stereocenters. The molecule has 2 aromatic carbocycles. The molecule has 0 spiro atoms. The van der Waals surface area contributed by atoms with Gasteiger partial charge in [-0.05, 0) is 24.3 Å². The number of hydrogen-bond donors (Lipinski definition) is 1. The summed E-state index contributed by atoms with van der Waals surface area (Å²) in [4.78, 5) is 25.2. The highest BCUT2D eigenvalue weighted by atomic mass is 16.4. The first kappa shape index (κ1) is 12.7. The molecular weight excluding hydrogens is 254 g/mol. The Morgan fingerprint density at radius 2 is 1.75 bits per heavy atom. The van der Waals surface area contributed by atoms with Crippen molar-refractivity contribution in [2.75, 3.05) is 11.9 Å². The van der Waals surface area contributed by atoms with Crippen molar-refractivity contribution in [3.8, 4) is 0 Å². The van der Waals surface area contributed by atoms with Crippen LogP contribution >= 0.6 is 0 Å². The van der Waals surface area contributed by atoms with Crippen molar-refractivity contribution < 1.29 is 14.7 Å². The number of anilines is 1. The Hall–Kier alpha value is -2.36. The van der Waals surface area contributed by atoms with Crippen LogP contribution in [0.15, 0.2) is 42.5 Å². The van der Waals surface area contributed by atoms with Crippen LogP contribution in [0.5, 0.6) is 0 Å². The summed E-state index contributed by atoms with van der Waals surface area (Å²) in [5.41, 5.74) is -0.452. The Kier molecular flexibility index (Phi) is 2.74. The van der Waals surface area contributed by atoms with E-state index in [9.17, 15) is 14.7 Å². The molecule has 1 aliphatic rings.